The fraction of sp³-hybridized carbons (Fsp3) is 0.524. The zero-order valence-electron chi connectivity index (χ0n) is 17.2. The second kappa shape index (κ2) is 9.17. The fourth-order valence-corrected chi connectivity index (χ4v) is 2.93. The molecular weight excluding hydrogens is 372 g/mol. The largest absolute Gasteiger partial charge is 0.378 e. The summed E-state index contributed by atoms with van der Waals surface area (Å²) in [4.78, 5) is 30.8. The van der Waals surface area contributed by atoms with Crippen molar-refractivity contribution < 1.29 is 18.8 Å². The molecule has 1 fully saturated rings. The van der Waals surface area contributed by atoms with Crippen LogP contribution in [0.5, 0.6) is 0 Å². The number of amides is 2. The van der Waals surface area contributed by atoms with Gasteiger partial charge in [0.25, 0.3) is 5.91 Å². The lowest BCUT2D eigenvalue weighted by atomic mass is 9.96. The van der Waals surface area contributed by atoms with E-state index in [4.69, 9.17) is 9.26 Å². The molecule has 156 valence electrons. The first-order chi connectivity index (χ1) is 13.8. The van der Waals surface area contributed by atoms with Crippen LogP contribution >= 0.6 is 0 Å². The van der Waals surface area contributed by atoms with Crippen molar-refractivity contribution >= 4 is 17.5 Å². The van der Waals surface area contributed by atoms with Crippen molar-refractivity contribution in [2.45, 2.75) is 45.4 Å². The second-order valence-electron chi connectivity index (χ2n) is 8.15. The van der Waals surface area contributed by atoms with Gasteiger partial charge in [-0.25, -0.2) is 0 Å². The Hall–Kier alpha value is -2.74. The molecule has 29 heavy (non-hydrogen) atoms. The quantitative estimate of drug-likeness (QED) is 0.801. The lowest BCUT2D eigenvalue weighted by molar-refractivity contribution is -0.116. The van der Waals surface area contributed by atoms with Gasteiger partial charge in [0.05, 0.1) is 13.2 Å². The number of benzene rings is 1. The van der Waals surface area contributed by atoms with Crippen LogP contribution in [0.15, 0.2) is 28.8 Å². The number of nitrogens with zero attached hydrogens (tertiary/aromatic N) is 3. The molecule has 1 N–H and O–H groups in total. The first kappa shape index (κ1) is 21.0. The Morgan fingerprint density at radius 3 is 2.45 bits per heavy atom. The molecule has 0 unspecified atom stereocenters. The van der Waals surface area contributed by atoms with Gasteiger partial charge in [0, 0.05) is 42.6 Å². The molecule has 0 saturated carbocycles. The third kappa shape index (κ3) is 5.87. The third-order valence-corrected chi connectivity index (χ3v) is 4.65. The van der Waals surface area contributed by atoms with Crippen molar-refractivity contribution in [1.29, 1.82) is 0 Å². The van der Waals surface area contributed by atoms with Gasteiger partial charge >= 0.3 is 0 Å². The summed E-state index contributed by atoms with van der Waals surface area (Å²) >= 11 is 0. The fourth-order valence-electron chi connectivity index (χ4n) is 2.93. The Kier molecular flexibility index (Phi) is 6.64. The van der Waals surface area contributed by atoms with Gasteiger partial charge in [-0.3, -0.25) is 9.59 Å². The molecule has 1 aromatic carbocycles. The lowest BCUT2D eigenvalue weighted by Gasteiger charge is -2.26. The Morgan fingerprint density at radius 1 is 1.14 bits per heavy atom. The van der Waals surface area contributed by atoms with Gasteiger partial charge in [-0.15, -0.1) is 0 Å². The monoisotopic (exact) mass is 400 g/mol. The number of carbonyl (C=O) groups is 2. The molecule has 8 nitrogen and oxygen atoms in total. The number of carbonyl (C=O) groups excluding carboxylic acids is 2. The van der Waals surface area contributed by atoms with E-state index in [0.717, 1.165) is 0 Å². The average molecular weight is 400 g/mol. The van der Waals surface area contributed by atoms with Crippen molar-refractivity contribution in [3.8, 4) is 0 Å². The van der Waals surface area contributed by atoms with E-state index >= 15 is 0 Å². The summed E-state index contributed by atoms with van der Waals surface area (Å²) in [6, 6.07) is 6.97. The summed E-state index contributed by atoms with van der Waals surface area (Å²) in [6.07, 6.45) is 1.52. The first-order valence-electron chi connectivity index (χ1n) is 9.93. The molecule has 0 radical (unpaired) electrons. The van der Waals surface area contributed by atoms with Crippen LogP contribution in [0.3, 0.4) is 0 Å². The minimum atomic E-state index is -0.158. The van der Waals surface area contributed by atoms with Crippen molar-refractivity contribution in [1.82, 2.24) is 15.0 Å². The van der Waals surface area contributed by atoms with Crippen LogP contribution in [0.25, 0.3) is 0 Å². The molecule has 1 aliphatic heterocycles. The van der Waals surface area contributed by atoms with E-state index in [2.05, 4.69) is 15.5 Å². The highest BCUT2D eigenvalue weighted by atomic mass is 16.5. The maximum absolute atomic E-state index is 12.4. The zero-order chi connectivity index (χ0) is 20.9. The summed E-state index contributed by atoms with van der Waals surface area (Å²) < 4.78 is 10.5. The number of nitrogens with one attached hydrogen (secondary N) is 1. The van der Waals surface area contributed by atoms with E-state index in [9.17, 15) is 9.59 Å². The highest BCUT2D eigenvalue weighted by Crippen LogP contribution is 2.19. The molecule has 3 rings (SSSR count). The van der Waals surface area contributed by atoms with Crippen LogP contribution in [0.1, 0.15) is 55.7 Å². The van der Waals surface area contributed by atoms with Gasteiger partial charge in [0.1, 0.15) is 0 Å². The summed E-state index contributed by atoms with van der Waals surface area (Å²) in [6.45, 7) is 8.42. The van der Waals surface area contributed by atoms with E-state index in [1.54, 1.807) is 29.2 Å². The Labute approximate surface area is 170 Å². The van der Waals surface area contributed by atoms with Crippen molar-refractivity contribution in [3.63, 3.8) is 0 Å². The third-order valence-electron chi connectivity index (χ3n) is 4.65. The van der Waals surface area contributed by atoms with Crippen molar-refractivity contribution in [3.05, 3.63) is 41.5 Å². The molecule has 8 heteroatoms. The van der Waals surface area contributed by atoms with E-state index in [0.29, 0.717) is 68.5 Å². The maximum Gasteiger partial charge on any atom is 0.254 e. The lowest BCUT2D eigenvalue weighted by Crippen LogP contribution is -2.40. The summed E-state index contributed by atoms with van der Waals surface area (Å²) in [5, 5.41) is 6.84. The Balaban J connectivity index is 1.44. The van der Waals surface area contributed by atoms with Crippen LogP contribution in [0.4, 0.5) is 5.69 Å². The summed E-state index contributed by atoms with van der Waals surface area (Å²) in [5.74, 6) is 1.12. The molecule has 0 atom stereocenters. The highest BCUT2D eigenvalue weighted by molar-refractivity contribution is 5.95. The molecule has 0 aliphatic carbocycles. The van der Waals surface area contributed by atoms with E-state index in [1.165, 1.54) is 0 Å². The van der Waals surface area contributed by atoms with E-state index < -0.39 is 0 Å². The van der Waals surface area contributed by atoms with Crippen molar-refractivity contribution in [2.75, 3.05) is 31.6 Å². The maximum atomic E-state index is 12.4. The van der Waals surface area contributed by atoms with Crippen LogP contribution < -0.4 is 5.32 Å². The van der Waals surface area contributed by atoms with Crippen LogP contribution in [0.2, 0.25) is 0 Å². The van der Waals surface area contributed by atoms with Gasteiger partial charge in [0.15, 0.2) is 5.82 Å². The predicted molar refractivity (Wildman–Crippen MR) is 108 cm³/mol. The second-order valence-corrected chi connectivity index (χ2v) is 8.15. The molecule has 1 aliphatic rings. The minimum absolute atomic E-state index is 0.0136. The predicted octanol–water partition coefficient (Wildman–Crippen LogP) is 2.80. The van der Waals surface area contributed by atoms with Crippen LogP contribution in [0, 0.1) is 0 Å². The van der Waals surface area contributed by atoms with E-state index in [-0.39, 0.29) is 17.2 Å². The molecule has 2 aromatic rings. The number of aryl methyl sites for hydroxylation is 1. The van der Waals surface area contributed by atoms with Crippen molar-refractivity contribution in [2.24, 2.45) is 0 Å². The molecule has 2 heterocycles. The number of hydrogen-bond donors (Lipinski definition) is 1. The smallest absolute Gasteiger partial charge is 0.254 e. The topological polar surface area (TPSA) is 97.6 Å². The molecule has 1 saturated heterocycles. The number of ether oxygens (including phenoxy) is 1. The number of hydrogen-bond acceptors (Lipinski definition) is 6. The number of anilines is 1. The van der Waals surface area contributed by atoms with Gasteiger partial charge in [-0.2, -0.15) is 4.98 Å². The zero-order valence-corrected chi connectivity index (χ0v) is 17.2. The standard InChI is InChI=1S/C21H28N4O4/c1-21(2,3)20-23-18(29-24-20)6-4-5-17(26)22-16-9-7-15(8-10-16)19(27)25-11-13-28-14-12-25/h7-10H,4-6,11-14H2,1-3H3,(H,22,26). The number of aromatic nitrogens is 2. The SMILES string of the molecule is CC(C)(C)c1noc(CCCC(=O)Nc2ccc(C(=O)N3CCOCC3)cc2)n1. The number of morpholine rings is 1. The summed E-state index contributed by atoms with van der Waals surface area (Å²) in [7, 11) is 0. The molecular formula is C21H28N4O4. The highest BCUT2D eigenvalue weighted by Gasteiger charge is 2.21. The molecule has 2 amide bonds. The minimum Gasteiger partial charge on any atom is -0.378 e. The molecule has 0 bridgehead atoms. The molecule has 1 aromatic heterocycles. The molecule has 0 spiro atoms. The van der Waals surface area contributed by atoms with Gasteiger partial charge in [-0.1, -0.05) is 25.9 Å². The average Bonchev–Trinajstić information content (AvgIpc) is 3.18. The van der Waals surface area contributed by atoms with Crippen LogP contribution in [-0.4, -0.2) is 53.2 Å². The Bertz CT molecular complexity index is 833. The normalized spacial score (nSPS) is 14.7. The Morgan fingerprint density at radius 2 is 1.83 bits per heavy atom. The number of rotatable bonds is 6. The van der Waals surface area contributed by atoms with Crippen LogP contribution in [-0.2, 0) is 21.4 Å². The van der Waals surface area contributed by atoms with E-state index in [1.807, 2.05) is 20.8 Å². The summed E-state index contributed by atoms with van der Waals surface area (Å²) in [5.41, 5.74) is 1.12. The van der Waals surface area contributed by atoms with Gasteiger partial charge < -0.3 is 19.5 Å². The van der Waals surface area contributed by atoms with Gasteiger partial charge in [0.2, 0.25) is 11.8 Å². The first-order valence-corrected chi connectivity index (χ1v) is 9.93. The van der Waals surface area contributed by atoms with Gasteiger partial charge in [-0.05, 0) is 30.7 Å².